The molecule has 0 bridgehead atoms. The topological polar surface area (TPSA) is 122 Å². The van der Waals surface area contributed by atoms with Gasteiger partial charge in [0.15, 0.2) is 0 Å². The van der Waals surface area contributed by atoms with E-state index in [4.69, 9.17) is 4.74 Å². The molecule has 0 aliphatic heterocycles. The van der Waals surface area contributed by atoms with Crippen molar-refractivity contribution in [2.24, 2.45) is 0 Å². The summed E-state index contributed by atoms with van der Waals surface area (Å²) in [5.74, 6) is -0.326. The van der Waals surface area contributed by atoms with Gasteiger partial charge in [0.1, 0.15) is 5.75 Å². The highest BCUT2D eigenvalue weighted by atomic mass is 16.6. The first-order chi connectivity index (χ1) is 15.4. The molecule has 3 aromatic rings. The van der Waals surface area contributed by atoms with Crippen molar-refractivity contribution in [1.29, 1.82) is 0 Å². The third-order valence-corrected chi connectivity index (χ3v) is 4.96. The van der Waals surface area contributed by atoms with Gasteiger partial charge in [0.05, 0.1) is 29.2 Å². The Hall–Kier alpha value is -3.91. The molecule has 2 atom stereocenters. The quantitative estimate of drug-likeness (QED) is 0.251. The second-order valence-corrected chi connectivity index (χ2v) is 7.19. The zero-order chi connectivity index (χ0) is 23.1. The molecule has 0 saturated heterocycles. The van der Waals surface area contributed by atoms with Gasteiger partial charge in [0.25, 0.3) is 5.69 Å². The lowest BCUT2D eigenvalue weighted by Crippen LogP contribution is -2.15. The standard InChI is InChI=1S/C24H24N2O6/c1-2-32-24(29)17-6-10-19(11-7-17)25-22(18-4-3-5-20(14-18)26(30)31)15-23(28)16-8-12-21(27)13-9-16/h3-14,22-23,25,27-28H,2,15H2,1H3. The van der Waals surface area contributed by atoms with Crippen molar-refractivity contribution in [2.45, 2.75) is 25.5 Å². The SMILES string of the molecule is CCOC(=O)c1ccc(NC(CC(O)c2ccc(O)cc2)c2cccc([N+](=O)[O-])c2)cc1. The number of ether oxygens (including phenoxy) is 1. The van der Waals surface area contributed by atoms with Crippen molar-refractivity contribution in [2.75, 3.05) is 11.9 Å². The van der Waals surface area contributed by atoms with E-state index in [2.05, 4.69) is 5.32 Å². The molecule has 2 unspecified atom stereocenters. The van der Waals surface area contributed by atoms with E-state index in [1.165, 1.54) is 24.3 Å². The number of rotatable bonds is 9. The summed E-state index contributed by atoms with van der Waals surface area (Å²) in [4.78, 5) is 22.6. The second kappa shape index (κ2) is 10.4. The number of nitro benzene ring substituents is 1. The van der Waals surface area contributed by atoms with Crippen LogP contribution in [0, 0.1) is 10.1 Å². The van der Waals surface area contributed by atoms with E-state index in [1.54, 1.807) is 55.5 Å². The number of carbonyl (C=O) groups is 1. The lowest BCUT2D eigenvalue weighted by atomic mass is 9.96. The van der Waals surface area contributed by atoms with Crippen LogP contribution in [0.5, 0.6) is 5.75 Å². The molecule has 0 aromatic heterocycles. The summed E-state index contributed by atoms with van der Waals surface area (Å²) >= 11 is 0. The minimum atomic E-state index is -0.883. The van der Waals surface area contributed by atoms with Gasteiger partial charge < -0.3 is 20.3 Å². The summed E-state index contributed by atoms with van der Waals surface area (Å²) in [6.45, 7) is 2.01. The molecule has 0 saturated carbocycles. The number of aliphatic hydroxyl groups is 1. The number of carbonyl (C=O) groups excluding carboxylic acids is 1. The number of hydrogen-bond donors (Lipinski definition) is 3. The van der Waals surface area contributed by atoms with Crippen molar-refractivity contribution in [3.8, 4) is 5.75 Å². The molecule has 0 spiro atoms. The number of hydrogen-bond acceptors (Lipinski definition) is 7. The van der Waals surface area contributed by atoms with Gasteiger partial charge in [0, 0.05) is 24.2 Å². The van der Waals surface area contributed by atoms with Crippen molar-refractivity contribution in [3.05, 3.63) is 99.6 Å². The highest BCUT2D eigenvalue weighted by Gasteiger charge is 2.20. The van der Waals surface area contributed by atoms with E-state index < -0.39 is 23.0 Å². The van der Waals surface area contributed by atoms with Crippen LogP contribution in [-0.2, 0) is 4.74 Å². The number of non-ortho nitro benzene ring substituents is 1. The molecule has 3 rings (SSSR count). The summed E-state index contributed by atoms with van der Waals surface area (Å²) in [6.07, 6.45) is -0.669. The number of esters is 1. The van der Waals surface area contributed by atoms with Gasteiger partial charge in [-0.25, -0.2) is 4.79 Å². The van der Waals surface area contributed by atoms with Crippen molar-refractivity contribution in [3.63, 3.8) is 0 Å². The fourth-order valence-corrected chi connectivity index (χ4v) is 3.31. The second-order valence-electron chi connectivity index (χ2n) is 7.19. The summed E-state index contributed by atoms with van der Waals surface area (Å²) in [6, 6.07) is 18.7. The Labute approximate surface area is 185 Å². The molecule has 0 aliphatic rings. The van der Waals surface area contributed by atoms with E-state index in [1.807, 2.05) is 0 Å². The third kappa shape index (κ3) is 5.83. The van der Waals surface area contributed by atoms with E-state index in [-0.39, 0.29) is 24.5 Å². The zero-order valence-corrected chi connectivity index (χ0v) is 17.5. The lowest BCUT2D eigenvalue weighted by molar-refractivity contribution is -0.384. The van der Waals surface area contributed by atoms with E-state index in [9.17, 15) is 25.1 Å². The van der Waals surface area contributed by atoms with Crippen molar-refractivity contribution >= 4 is 17.3 Å². The number of nitrogens with zero attached hydrogens (tertiary/aromatic N) is 1. The first kappa shape index (κ1) is 22.8. The van der Waals surface area contributed by atoms with Gasteiger partial charge in [-0.3, -0.25) is 10.1 Å². The van der Waals surface area contributed by atoms with Gasteiger partial charge in [-0.05, 0) is 54.4 Å². The number of aromatic hydroxyl groups is 1. The Morgan fingerprint density at radius 2 is 1.75 bits per heavy atom. The number of phenolic OH excluding ortho intramolecular Hbond substituents is 1. The Morgan fingerprint density at radius 3 is 2.38 bits per heavy atom. The smallest absolute Gasteiger partial charge is 0.338 e. The molecule has 8 nitrogen and oxygen atoms in total. The summed E-state index contributed by atoms with van der Waals surface area (Å²) < 4.78 is 4.99. The molecule has 8 heteroatoms. The van der Waals surface area contributed by atoms with Gasteiger partial charge in [-0.2, -0.15) is 0 Å². The average Bonchev–Trinajstić information content (AvgIpc) is 2.79. The zero-order valence-electron chi connectivity index (χ0n) is 17.5. The maximum Gasteiger partial charge on any atom is 0.338 e. The fraction of sp³-hybridized carbons (Fsp3) is 0.208. The number of phenols is 1. The monoisotopic (exact) mass is 436 g/mol. The maximum atomic E-state index is 11.9. The molecule has 3 aromatic carbocycles. The number of aliphatic hydroxyl groups excluding tert-OH is 1. The molecular weight excluding hydrogens is 412 g/mol. The van der Waals surface area contributed by atoms with Gasteiger partial charge in [-0.1, -0.05) is 24.3 Å². The minimum absolute atomic E-state index is 0.0499. The number of anilines is 1. The highest BCUT2D eigenvalue weighted by Crippen LogP contribution is 2.32. The van der Waals surface area contributed by atoms with Gasteiger partial charge >= 0.3 is 5.97 Å². The van der Waals surface area contributed by atoms with E-state index >= 15 is 0 Å². The molecule has 0 amide bonds. The van der Waals surface area contributed by atoms with Crippen LogP contribution < -0.4 is 5.32 Å². The van der Waals surface area contributed by atoms with Gasteiger partial charge in [-0.15, -0.1) is 0 Å². The molecule has 0 radical (unpaired) electrons. The third-order valence-electron chi connectivity index (χ3n) is 4.96. The van der Waals surface area contributed by atoms with Crippen LogP contribution in [-0.4, -0.2) is 27.7 Å². The van der Waals surface area contributed by atoms with Crippen LogP contribution in [0.25, 0.3) is 0 Å². The summed E-state index contributed by atoms with van der Waals surface area (Å²) in [5.41, 5.74) is 2.27. The molecule has 32 heavy (non-hydrogen) atoms. The fourth-order valence-electron chi connectivity index (χ4n) is 3.31. The van der Waals surface area contributed by atoms with Crippen LogP contribution in [0.3, 0.4) is 0 Å². The predicted octanol–water partition coefficient (Wildman–Crippen LogP) is 4.75. The van der Waals surface area contributed by atoms with Crippen LogP contribution in [0.1, 0.15) is 47.0 Å². The Balaban J connectivity index is 1.86. The molecule has 0 fully saturated rings. The van der Waals surface area contributed by atoms with Crippen LogP contribution in [0.15, 0.2) is 72.8 Å². The van der Waals surface area contributed by atoms with Crippen LogP contribution in [0.4, 0.5) is 11.4 Å². The van der Waals surface area contributed by atoms with E-state index in [0.29, 0.717) is 22.4 Å². The van der Waals surface area contributed by atoms with Gasteiger partial charge in [0.2, 0.25) is 0 Å². The van der Waals surface area contributed by atoms with Crippen molar-refractivity contribution in [1.82, 2.24) is 0 Å². The predicted molar refractivity (Wildman–Crippen MR) is 120 cm³/mol. The number of nitro groups is 1. The first-order valence-electron chi connectivity index (χ1n) is 10.1. The highest BCUT2D eigenvalue weighted by molar-refractivity contribution is 5.89. The molecule has 0 aliphatic carbocycles. The normalized spacial score (nSPS) is 12.6. The Kier molecular flexibility index (Phi) is 7.41. The maximum absolute atomic E-state index is 11.9. The largest absolute Gasteiger partial charge is 0.508 e. The molecular formula is C24H24N2O6. The summed E-state index contributed by atoms with van der Waals surface area (Å²) in [5, 5.41) is 34.8. The minimum Gasteiger partial charge on any atom is -0.508 e. The molecule has 3 N–H and O–H groups in total. The van der Waals surface area contributed by atoms with Crippen LogP contribution >= 0.6 is 0 Å². The summed E-state index contributed by atoms with van der Waals surface area (Å²) in [7, 11) is 0. The van der Waals surface area contributed by atoms with Crippen LogP contribution in [0.2, 0.25) is 0 Å². The molecule has 0 heterocycles. The van der Waals surface area contributed by atoms with Crippen molar-refractivity contribution < 1.29 is 24.7 Å². The average molecular weight is 436 g/mol. The first-order valence-corrected chi connectivity index (χ1v) is 10.1. The number of benzene rings is 3. The molecule has 166 valence electrons. The lowest BCUT2D eigenvalue weighted by Gasteiger charge is -2.23. The van der Waals surface area contributed by atoms with E-state index in [0.717, 1.165) is 0 Å². The Bertz CT molecular complexity index is 1070. The Morgan fingerprint density at radius 1 is 1.06 bits per heavy atom. The number of nitrogens with one attached hydrogen (secondary N) is 1.